The Bertz CT molecular complexity index is 1290. The van der Waals surface area contributed by atoms with Crippen molar-refractivity contribution in [3.8, 4) is 11.5 Å². The van der Waals surface area contributed by atoms with E-state index in [9.17, 15) is 28.1 Å². The van der Waals surface area contributed by atoms with Gasteiger partial charge in [0.2, 0.25) is 0 Å². The second-order valence-electron chi connectivity index (χ2n) is 7.09. The van der Waals surface area contributed by atoms with E-state index in [1.54, 1.807) is 36.4 Å². The average molecular weight is 614 g/mol. The fourth-order valence-electron chi connectivity index (χ4n) is 2.94. The van der Waals surface area contributed by atoms with Crippen LogP contribution in [-0.2, 0) is 11.0 Å². The van der Waals surface area contributed by atoms with Crippen LogP contribution in [0.3, 0.4) is 0 Å². The van der Waals surface area contributed by atoms with Crippen LogP contribution in [-0.4, -0.2) is 30.8 Å². The fraction of sp³-hybridized carbons (Fsp3) is 0.130. The monoisotopic (exact) mass is 614 g/mol. The molecule has 36 heavy (non-hydrogen) atoms. The Morgan fingerprint density at radius 1 is 1.17 bits per heavy atom. The lowest BCUT2D eigenvalue weighted by molar-refractivity contribution is -0.384. The number of hydrogen-bond donors (Lipinski definition) is 2. The molecule has 9 nitrogen and oxygen atoms in total. The number of nitrogens with one attached hydrogen (secondary N) is 2. The molecule has 0 bridgehead atoms. The summed E-state index contributed by atoms with van der Waals surface area (Å²) < 4.78 is 50.1. The highest BCUT2D eigenvalue weighted by molar-refractivity contribution is 14.1. The van der Waals surface area contributed by atoms with E-state index in [1.807, 2.05) is 28.7 Å². The molecule has 0 atom stereocenters. The topological polar surface area (TPSA) is 115 Å². The van der Waals surface area contributed by atoms with Crippen molar-refractivity contribution < 1.29 is 32.4 Å². The van der Waals surface area contributed by atoms with Gasteiger partial charge in [-0.3, -0.25) is 20.3 Å². The van der Waals surface area contributed by atoms with Crippen molar-refractivity contribution in [3.63, 3.8) is 0 Å². The highest BCUT2D eigenvalue weighted by atomic mass is 127. The molecular weight excluding hydrogens is 596 g/mol. The number of alkyl halides is 3. The maximum absolute atomic E-state index is 12.9. The lowest BCUT2D eigenvalue weighted by Crippen LogP contribution is -2.20. The van der Waals surface area contributed by atoms with Gasteiger partial charge in [-0.25, -0.2) is 0 Å². The Kier molecular flexibility index (Phi) is 8.68. The highest BCUT2D eigenvalue weighted by Gasteiger charge is 2.33. The van der Waals surface area contributed by atoms with Crippen molar-refractivity contribution in [1.82, 2.24) is 0 Å². The van der Waals surface area contributed by atoms with E-state index in [1.165, 1.54) is 13.3 Å². The predicted octanol–water partition coefficient (Wildman–Crippen LogP) is 5.69. The Morgan fingerprint density at radius 3 is 2.53 bits per heavy atom. The van der Waals surface area contributed by atoms with Gasteiger partial charge in [0.15, 0.2) is 18.1 Å². The van der Waals surface area contributed by atoms with Crippen LogP contribution < -0.4 is 20.2 Å². The first-order chi connectivity index (χ1) is 17.1. The van der Waals surface area contributed by atoms with Crippen molar-refractivity contribution in [1.29, 1.82) is 0 Å². The second-order valence-corrected chi connectivity index (χ2v) is 8.26. The normalized spacial score (nSPS) is 11.2. The molecule has 3 rings (SSSR count). The van der Waals surface area contributed by atoms with E-state index in [2.05, 4.69) is 15.8 Å². The minimum absolute atomic E-state index is 0.213. The molecule has 0 fully saturated rings. The van der Waals surface area contributed by atoms with Crippen LogP contribution in [0.1, 0.15) is 11.1 Å². The molecule has 188 valence electrons. The lowest BCUT2D eigenvalue weighted by Gasteiger charge is -2.13. The lowest BCUT2D eigenvalue weighted by atomic mass is 10.1. The van der Waals surface area contributed by atoms with Crippen molar-refractivity contribution in [2.75, 3.05) is 24.5 Å². The summed E-state index contributed by atoms with van der Waals surface area (Å²) in [5.74, 6) is 0.258. The van der Waals surface area contributed by atoms with Crippen molar-refractivity contribution in [2.45, 2.75) is 6.18 Å². The average Bonchev–Trinajstić information content (AvgIpc) is 2.83. The number of nitro benzene ring substituents is 1. The third-order valence-corrected chi connectivity index (χ3v) is 5.38. The summed E-state index contributed by atoms with van der Waals surface area (Å²) in [4.78, 5) is 22.4. The summed E-state index contributed by atoms with van der Waals surface area (Å²) >= 11 is 1.98. The number of para-hydroxylation sites is 1. The molecule has 0 unspecified atom stereocenters. The van der Waals surface area contributed by atoms with Gasteiger partial charge in [0.1, 0.15) is 5.69 Å². The molecular formula is C23H18F3IN4O5. The first kappa shape index (κ1) is 26.7. The molecule has 0 aliphatic carbocycles. The molecule has 0 saturated heterocycles. The summed E-state index contributed by atoms with van der Waals surface area (Å²) in [6, 6.07) is 14.2. The number of carbonyl (C=O) groups is 1. The van der Waals surface area contributed by atoms with E-state index in [-0.39, 0.29) is 18.2 Å². The number of nitrogens with zero attached hydrogens (tertiary/aromatic N) is 2. The summed E-state index contributed by atoms with van der Waals surface area (Å²) in [6.07, 6.45) is -3.41. The van der Waals surface area contributed by atoms with E-state index in [4.69, 9.17) is 9.47 Å². The smallest absolute Gasteiger partial charge is 0.416 e. The fourth-order valence-corrected chi connectivity index (χ4v) is 3.72. The molecule has 0 aromatic heterocycles. The molecule has 1 amide bonds. The summed E-state index contributed by atoms with van der Waals surface area (Å²) in [5, 5.41) is 17.8. The number of hydrogen-bond acceptors (Lipinski definition) is 7. The standard InChI is InChI=1S/C23H18F3IN4O5/c1-35-20-10-14(9-17(27)22(20)36-13-21(32)29-16-5-3-2-4-6-16)12-28-30-18-8-7-15(23(24,25)26)11-19(18)31(33)34/h2-12,30H,13H2,1H3,(H,29,32)/b28-12-. The number of ether oxygens (including phenoxy) is 2. The third kappa shape index (κ3) is 7.07. The minimum Gasteiger partial charge on any atom is -0.493 e. The number of hydrazone groups is 1. The molecule has 0 aliphatic heterocycles. The summed E-state index contributed by atoms with van der Waals surface area (Å²) in [5.41, 5.74) is 1.39. The zero-order valence-electron chi connectivity index (χ0n) is 18.5. The van der Waals surface area contributed by atoms with E-state index in [0.29, 0.717) is 32.4 Å². The first-order valence-corrected chi connectivity index (χ1v) is 11.2. The number of anilines is 2. The van der Waals surface area contributed by atoms with Gasteiger partial charge >= 0.3 is 6.18 Å². The van der Waals surface area contributed by atoms with Crippen LogP contribution in [0.15, 0.2) is 65.8 Å². The van der Waals surface area contributed by atoms with Gasteiger partial charge in [-0.05, 0) is 64.6 Å². The van der Waals surface area contributed by atoms with E-state index >= 15 is 0 Å². The van der Waals surface area contributed by atoms with Gasteiger partial charge in [0, 0.05) is 11.8 Å². The van der Waals surface area contributed by atoms with Crippen LogP contribution in [0.25, 0.3) is 0 Å². The SMILES string of the molecule is COc1cc(/C=N\Nc2ccc(C(F)(F)F)cc2[N+](=O)[O-])cc(I)c1OCC(=O)Nc1ccccc1. The zero-order valence-corrected chi connectivity index (χ0v) is 20.7. The molecule has 2 N–H and O–H groups in total. The van der Waals surface area contributed by atoms with E-state index < -0.39 is 22.4 Å². The molecule has 3 aromatic rings. The van der Waals surface area contributed by atoms with Gasteiger partial charge in [-0.2, -0.15) is 18.3 Å². The highest BCUT2D eigenvalue weighted by Crippen LogP contribution is 2.35. The zero-order chi connectivity index (χ0) is 26.3. The molecule has 0 radical (unpaired) electrons. The second kappa shape index (κ2) is 11.7. The maximum atomic E-state index is 12.9. The number of benzene rings is 3. The molecule has 0 heterocycles. The first-order valence-electron chi connectivity index (χ1n) is 10.1. The molecule has 0 aliphatic rings. The number of halogens is 4. The van der Waals surface area contributed by atoms with Gasteiger partial charge in [-0.1, -0.05) is 18.2 Å². The molecule has 13 heteroatoms. The van der Waals surface area contributed by atoms with Gasteiger partial charge in [0.05, 0.1) is 27.4 Å². The van der Waals surface area contributed by atoms with E-state index in [0.717, 1.165) is 12.1 Å². The Labute approximate surface area is 216 Å². The van der Waals surface area contributed by atoms with Gasteiger partial charge in [0.25, 0.3) is 11.6 Å². The molecule has 3 aromatic carbocycles. The van der Waals surface area contributed by atoms with Crippen LogP contribution >= 0.6 is 22.6 Å². The molecule has 0 saturated carbocycles. The van der Waals surface area contributed by atoms with Crippen LogP contribution in [0.5, 0.6) is 11.5 Å². The summed E-state index contributed by atoms with van der Waals surface area (Å²) in [7, 11) is 1.41. The summed E-state index contributed by atoms with van der Waals surface area (Å²) in [6.45, 7) is -0.270. The van der Waals surface area contributed by atoms with Crippen LogP contribution in [0.2, 0.25) is 0 Å². The van der Waals surface area contributed by atoms with Crippen molar-refractivity contribution in [2.24, 2.45) is 5.10 Å². The largest absolute Gasteiger partial charge is 0.493 e. The maximum Gasteiger partial charge on any atom is 0.416 e. The molecule has 0 spiro atoms. The van der Waals surface area contributed by atoms with Crippen molar-refractivity contribution >= 4 is 51.8 Å². The Balaban J connectivity index is 1.71. The Hall–Kier alpha value is -3.88. The Morgan fingerprint density at radius 2 is 1.89 bits per heavy atom. The predicted molar refractivity (Wildman–Crippen MR) is 136 cm³/mol. The minimum atomic E-state index is -4.72. The number of carbonyl (C=O) groups excluding carboxylic acids is 1. The number of methoxy groups -OCH3 is 1. The quantitative estimate of drug-likeness (QED) is 0.139. The third-order valence-electron chi connectivity index (χ3n) is 4.58. The van der Waals surface area contributed by atoms with Gasteiger partial charge in [-0.15, -0.1) is 0 Å². The number of amides is 1. The van der Waals surface area contributed by atoms with Gasteiger partial charge < -0.3 is 14.8 Å². The number of rotatable bonds is 9. The van der Waals surface area contributed by atoms with Crippen LogP contribution in [0, 0.1) is 13.7 Å². The number of nitro groups is 1. The van der Waals surface area contributed by atoms with Crippen molar-refractivity contribution in [3.05, 3.63) is 85.5 Å². The van der Waals surface area contributed by atoms with Crippen LogP contribution in [0.4, 0.5) is 30.2 Å².